The topological polar surface area (TPSA) is 7.76 Å². The summed E-state index contributed by atoms with van der Waals surface area (Å²) in [6.07, 6.45) is 11.6. The van der Waals surface area contributed by atoms with E-state index in [2.05, 4.69) is 262 Å². The van der Waals surface area contributed by atoms with E-state index in [0.29, 0.717) is 6.04 Å². The molecule has 0 spiro atoms. The molecule has 0 bridgehead atoms. The zero-order valence-corrected chi connectivity index (χ0v) is 41.8. The Labute approximate surface area is 421 Å². The number of pyridine rings is 2. The number of hydrogen-bond acceptors (Lipinski definition) is 0. The van der Waals surface area contributed by atoms with E-state index in [1.54, 1.807) is 0 Å². The predicted molar refractivity (Wildman–Crippen MR) is 298 cm³/mol. The van der Waals surface area contributed by atoms with Crippen molar-refractivity contribution in [2.24, 2.45) is 0 Å². The van der Waals surface area contributed by atoms with Crippen molar-refractivity contribution in [3.8, 4) is 78.1 Å². The summed E-state index contributed by atoms with van der Waals surface area (Å²) in [5.74, 6) is 0. The second-order valence-electron chi connectivity index (χ2n) is 19.8. The Bertz CT molecular complexity index is 3510. The Morgan fingerprint density at radius 2 is 1.04 bits per heavy atom. The minimum atomic E-state index is -0.0397. The van der Waals surface area contributed by atoms with Crippen molar-refractivity contribution in [1.29, 1.82) is 0 Å². The summed E-state index contributed by atoms with van der Waals surface area (Å²) in [6, 6.07) is 79.5. The second kappa shape index (κ2) is 20.0. The van der Waals surface area contributed by atoms with Crippen LogP contribution in [0.3, 0.4) is 0 Å². The average Bonchev–Trinajstić information content (AvgIpc) is 3.44. The molecule has 2 heteroatoms. The summed E-state index contributed by atoms with van der Waals surface area (Å²) in [6.45, 7) is 10.3. The molecule has 2 unspecified atom stereocenters. The van der Waals surface area contributed by atoms with Crippen LogP contribution in [0.1, 0.15) is 75.6 Å². The second-order valence-corrected chi connectivity index (χ2v) is 19.8. The van der Waals surface area contributed by atoms with E-state index in [9.17, 15) is 0 Å². The first-order valence-corrected chi connectivity index (χ1v) is 26.1. The van der Waals surface area contributed by atoms with Crippen molar-refractivity contribution in [2.75, 3.05) is 0 Å². The number of fused-ring (bicyclic) bond motifs is 4. The third-order valence-electron chi connectivity index (χ3n) is 15.7. The van der Waals surface area contributed by atoms with Gasteiger partial charge in [-0.3, -0.25) is 0 Å². The maximum absolute atomic E-state index is 2.67. The van der Waals surface area contributed by atoms with Crippen LogP contribution in [0.15, 0.2) is 225 Å². The van der Waals surface area contributed by atoms with Crippen molar-refractivity contribution in [2.45, 2.75) is 84.2 Å². The average molecular weight is 921 g/mol. The highest BCUT2D eigenvalue weighted by Crippen LogP contribution is 2.49. The lowest BCUT2D eigenvalue weighted by Crippen LogP contribution is -2.57. The third-order valence-corrected chi connectivity index (χ3v) is 15.7. The molecule has 8 aromatic carbocycles. The molecule has 0 radical (unpaired) electrons. The fourth-order valence-corrected chi connectivity index (χ4v) is 11.9. The summed E-state index contributed by atoms with van der Waals surface area (Å²) in [5.41, 5.74) is 21.6. The molecule has 0 saturated heterocycles. The van der Waals surface area contributed by atoms with E-state index in [-0.39, 0.29) is 5.41 Å². The molecule has 0 N–H and O–H groups in total. The zero-order valence-electron chi connectivity index (χ0n) is 41.8. The van der Waals surface area contributed by atoms with Gasteiger partial charge in [-0.2, -0.15) is 9.13 Å². The number of rotatable bonds is 14. The maximum Gasteiger partial charge on any atom is 0.220 e. The van der Waals surface area contributed by atoms with Crippen molar-refractivity contribution in [3.05, 3.63) is 241 Å². The van der Waals surface area contributed by atoms with Crippen molar-refractivity contribution >= 4 is 10.8 Å². The standard InChI is InChI=1S/C69H64N2/c1-5-8-21-50-35-37-66-63-32-17-18-33-65(63)69(7-3,67(6-2)71(66)48-50)39-41-70-40-38-53-26-15-16-31-62(53)68(70)64-47-58(36-34-49(64)4)55-28-20-30-57(43-55)61-45-59(52-24-13-10-14-25-52)44-60(46-61)56-29-19-27-54(42-56)51-22-11-9-12-23-51/h9-20,22-38,40,42-48,67H,5-8,21,39,41H2,1-4H3/q+2. The smallest absolute Gasteiger partial charge is 0.198 e. The van der Waals surface area contributed by atoms with Gasteiger partial charge in [0.2, 0.25) is 11.4 Å². The van der Waals surface area contributed by atoms with E-state index < -0.39 is 0 Å². The van der Waals surface area contributed by atoms with Gasteiger partial charge in [-0.15, -0.1) is 0 Å². The molecule has 10 aromatic rings. The minimum Gasteiger partial charge on any atom is -0.198 e. The van der Waals surface area contributed by atoms with Crippen molar-refractivity contribution < 1.29 is 9.13 Å². The Morgan fingerprint density at radius 3 is 1.72 bits per heavy atom. The molecule has 11 rings (SSSR count). The van der Waals surface area contributed by atoms with Gasteiger partial charge in [0.1, 0.15) is 6.54 Å². The highest BCUT2D eigenvalue weighted by molar-refractivity contribution is 5.94. The van der Waals surface area contributed by atoms with E-state index in [4.69, 9.17) is 0 Å². The van der Waals surface area contributed by atoms with Crippen LogP contribution >= 0.6 is 0 Å². The van der Waals surface area contributed by atoms with Crippen LogP contribution < -0.4 is 9.13 Å². The van der Waals surface area contributed by atoms with Gasteiger partial charge in [0.25, 0.3) is 0 Å². The highest BCUT2D eigenvalue weighted by Gasteiger charge is 2.51. The number of unbranched alkanes of at least 4 members (excludes halogenated alkanes) is 1. The molecule has 71 heavy (non-hydrogen) atoms. The van der Waals surface area contributed by atoms with E-state index in [1.807, 2.05) is 0 Å². The zero-order chi connectivity index (χ0) is 48.3. The van der Waals surface area contributed by atoms with Crippen LogP contribution in [-0.4, -0.2) is 0 Å². The largest absolute Gasteiger partial charge is 0.220 e. The van der Waals surface area contributed by atoms with Gasteiger partial charge in [-0.05, 0) is 153 Å². The number of benzene rings is 8. The van der Waals surface area contributed by atoms with Gasteiger partial charge in [-0.1, -0.05) is 173 Å². The quantitative estimate of drug-likeness (QED) is 0.0960. The number of nitrogens with zero attached hydrogens (tertiary/aromatic N) is 2. The summed E-state index contributed by atoms with van der Waals surface area (Å²) in [5, 5.41) is 2.55. The fraction of sp³-hybridized carbons (Fsp3) is 0.188. The minimum absolute atomic E-state index is 0.0397. The van der Waals surface area contributed by atoms with Gasteiger partial charge in [0, 0.05) is 30.5 Å². The molecule has 348 valence electrons. The first kappa shape index (κ1) is 45.7. The Kier molecular flexibility index (Phi) is 12.9. The Hall–Kier alpha value is -7.68. The van der Waals surface area contributed by atoms with Crippen molar-refractivity contribution in [3.63, 3.8) is 0 Å². The van der Waals surface area contributed by atoms with Crippen LogP contribution in [0, 0.1) is 6.92 Å². The molecule has 0 amide bonds. The first-order valence-electron chi connectivity index (χ1n) is 26.1. The van der Waals surface area contributed by atoms with Gasteiger partial charge < -0.3 is 0 Å². The Morgan fingerprint density at radius 1 is 0.479 bits per heavy atom. The molecular formula is C69H64N2+2. The lowest BCUT2D eigenvalue weighted by atomic mass is 9.65. The molecule has 0 aliphatic carbocycles. The van der Waals surface area contributed by atoms with Gasteiger partial charge in [-0.25, -0.2) is 0 Å². The van der Waals surface area contributed by atoms with E-state index in [0.717, 1.165) is 32.2 Å². The molecule has 2 aromatic heterocycles. The summed E-state index contributed by atoms with van der Waals surface area (Å²) >= 11 is 0. The molecule has 2 nitrogen and oxygen atoms in total. The highest BCUT2D eigenvalue weighted by atomic mass is 15.0. The van der Waals surface area contributed by atoms with Crippen molar-refractivity contribution in [1.82, 2.24) is 0 Å². The number of aromatic nitrogens is 2. The summed E-state index contributed by atoms with van der Waals surface area (Å²) in [7, 11) is 0. The fourth-order valence-electron chi connectivity index (χ4n) is 11.9. The molecule has 2 atom stereocenters. The van der Waals surface area contributed by atoms with Gasteiger partial charge in [0.15, 0.2) is 18.4 Å². The van der Waals surface area contributed by atoms with E-state index >= 15 is 0 Å². The SMILES string of the molecule is CCCCc1ccc2[n+](c1)C(CC)C(CC)(CC[n+]1ccc3ccccc3c1-c1cc(-c3cccc(-c4cc(-c5ccccc5)cc(-c5cccc(-c6ccccc6)c5)c4)c3)ccc1C)c1ccccc1-2. The van der Waals surface area contributed by atoms with Gasteiger partial charge in [0.05, 0.1) is 21.9 Å². The lowest BCUT2D eigenvalue weighted by Gasteiger charge is -2.41. The van der Waals surface area contributed by atoms with Crippen LogP contribution in [0.25, 0.3) is 88.9 Å². The third kappa shape index (κ3) is 8.82. The Balaban J connectivity index is 0.985. The number of hydrogen-bond donors (Lipinski definition) is 0. The number of aryl methyl sites for hydroxylation is 3. The summed E-state index contributed by atoms with van der Waals surface area (Å²) < 4.78 is 5.26. The summed E-state index contributed by atoms with van der Waals surface area (Å²) in [4.78, 5) is 0. The van der Waals surface area contributed by atoms with E-state index in [1.165, 1.54) is 118 Å². The van der Waals surface area contributed by atoms with Crippen LogP contribution in [-0.2, 0) is 18.4 Å². The van der Waals surface area contributed by atoms with Crippen LogP contribution in [0.4, 0.5) is 0 Å². The van der Waals surface area contributed by atoms with Crippen LogP contribution in [0.2, 0.25) is 0 Å². The monoisotopic (exact) mass is 921 g/mol. The van der Waals surface area contributed by atoms with Gasteiger partial charge >= 0.3 is 0 Å². The first-order chi connectivity index (χ1) is 34.9. The lowest BCUT2D eigenvalue weighted by molar-refractivity contribution is -0.730. The molecule has 1 aliphatic rings. The maximum atomic E-state index is 2.67. The molecular weight excluding hydrogens is 857 g/mol. The molecule has 0 saturated carbocycles. The van der Waals surface area contributed by atoms with Crippen LogP contribution in [0.5, 0.6) is 0 Å². The molecule has 1 aliphatic heterocycles. The predicted octanol–water partition coefficient (Wildman–Crippen LogP) is 17.4. The normalized spacial score (nSPS) is 15.1. The molecule has 3 heterocycles. The molecule has 0 fully saturated rings.